The lowest BCUT2D eigenvalue weighted by molar-refractivity contribution is 0.0606. The van der Waals surface area contributed by atoms with Crippen molar-refractivity contribution >= 4 is 21.6 Å². The summed E-state index contributed by atoms with van der Waals surface area (Å²) in [7, 11) is -2.94. The van der Waals surface area contributed by atoms with Crippen molar-refractivity contribution in [2.75, 3.05) is 17.8 Å². The van der Waals surface area contributed by atoms with Crippen molar-refractivity contribution in [3.05, 3.63) is 0 Å². The van der Waals surface area contributed by atoms with Gasteiger partial charge in [-0.2, -0.15) is 11.8 Å². The Hall–Kier alpha value is 0.260. The van der Waals surface area contributed by atoms with Gasteiger partial charge in [0.25, 0.3) is 0 Å². The Morgan fingerprint density at radius 1 is 1.62 bits per heavy atom. The molecule has 0 aliphatic carbocycles. The van der Waals surface area contributed by atoms with Gasteiger partial charge in [-0.05, 0) is 12.8 Å². The van der Waals surface area contributed by atoms with Gasteiger partial charge >= 0.3 is 0 Å². The van der Waals surface area contributed by atoms with E-state index in [1.165, 1.54) is 6.26 Å². The van der Waals surface area contributed by atoms with Crippen LogP contribution in [0.1, 0.15) is 19.8 Å². The lowest BCUT2D eigenvalue weighted by Gasteiger charge is -2.20. The smallest absolute Gasteiger partial charge is 0.147 e. The summed E-state index contributed by atoms with van der Waals surface area (Å²) in [4.78, 5) is 0. The van der Waals surface area contributed by atoms with Gasteiger partial charge in [0, 0.05) is 17.3 Å². The highest BCUT2D eigenvalue weighted by atomic mass is 32.2. The van der Waals surface area contributed by atoms with Gasteiger partial charge in [0.05, 0.1) is 11.4 Å². The molecule has 5 heteroatoms. The van der Waals surface area contributed by atoms with Crippen molar-refractivity contribution in [3.8, 4) is 0 Å². The Bertz CT molecular complexity index is 273. The summed E-state index contributed by atoms with van der Waals surface area (Å²) in [5.41, 5.74) is -0.743. The maximum absolute atomic E-state index is 10.9. The zero-order chi connectivity index (χ0) is 10.1. The van der Waals surface area contributed by atoms with Crippen molar-refractivity contribution in [1.29, 1.82) is 0 Å². The van der Waals surface area contributed by atoms with Gasteiger partial charge in [0.2, 0.25) is 0 Å². The highest BCUT2D eigenvalue weighted by Gasteiger charge is 2.36. The standard InChI is InChI=1S/C8H16O3S2/c1-7-5-8(9,6-12-7)3-4-13(2,10)11/h7,9H,3-6H2,1-2H3. The molecule has 0 aromatic rings. The Morgan fingerprint density at radius 3 is 2.62 bits per heavy atom. The van der Waals surface area contributed by atoms with E-state index in [0.717, 1.165) is 0 Å². The van der Waals surface area contributed by atoms with E-state index in [1.807, 2.05) is 0 Å². The summed E-state index contributed by atoms with van der Waals surface area (Å²) in [6, 6.07) is 0. The molecular weight excluding hydrogens is 208 g/mol. The van der Waals surface area contributed by atoms with E-state index in [4.69, 9.17) is 0 Å². The van der Waals surface area contributed by atoms with Gasteiger partial charge in [0.15, 0.2) is 0 Å². The molecule has 0 saturated carbocycles. The summed E-state index contributed by atoms with van der Waals surface area (Å²) in [6.45, 7) is 2.06. The SMILES string of the molecule is CC1CC(O)(CCS(C)(=O)=O)CS1. The second-order valence-electron chi connectivity index (χ2n) is 3.93. The molecule has 0 aromatic carbocycles. The lowest BCUT2D eigenvalue weighted by atomic mass is 9.98. The number of hydrogen-bond donors (Lipinski definition) is 1. The van der Waals surface area contributed by atoms with E-state index in [1.54, 1.807) is 11.8 Å². The van der Waals surface area contributed by atoms with Gasteiger partial charge in [-0.25, -0.2) is 8.42 Å². The zero-order valence-electron chi connectivity index (χ0n) is 7.99. The van der Waals surface area contributed by atoms with Crippen LogP contribution in [0.3, 0.4) is 0 Å². The molecule has 0 radical (unpaired) electrons. The normalized spacial score (nSPS) is 35.2. The van der Waals surface area contributed by atoms with Gasteiger partial charge < -0.3 is 5.11 Å². The molecule has 0 spiro atoms. The molecule has 1 saturated heterocycles. The van der Waals surface area contributed by atoms with Crippen LogP contribution in [0.5, 0.6) is 0 Å². The van der Waals surface area contributed by atoms with Crippen LogP contribution in [-0.4, -0.2) is 42.1 Å². The molecule has 2 unspecified atom stereocenters. The molecule has 1 heterocycles. The predicted octanol–water partition coefficient (Wildman–Crippen LogP) is 0.678. The van der Waals surface area contributed by atoms with Crippen LogP contribution in [0, 0.1) is 0 Å². The monoisotopic (exact) mass is 224 g/mol. The molecule has 1 rings (SSSR count). The first-order valence-electron chi connectivity index (χ1n) is 4.32. The minimum atomic E-state index is -2.94. The highest BCUT2D eigenvalue weighted by Crippen LogP contribution is 2.36. The summed E-state index contributed by atoms with van der Waals surface area (Å²) in [6.07, 6.45) is 2.30. The third kappa shape index (κ3) is 3.87. The molecule has 0 amide bonds. The van der Waals surface area contributed by atoms with Crippen molar-refractivity contribution in [2.45, 2.75) is 30.6 Å². The summed E-state index contributed by atoms with van der Waals surface area (Å²) >= 11 is 1.71. The van der Waals surface area contributed by atoms with Crippen molar-refractivity contribution in [1.82, 2.24) is 0 Å². The summed E-state index contributed by atoms with van der Waals surface area (Å²) < 4.78 is 21.8. The van der Waals surface area contributed by atoms with E-state index in [-0.39, 0.29) is 5.75 Å². The van der Waals surface area contributed by atoms with Crippen LogP contribution < -0.4 is 0 Å². The second kappa shape index (κ2) is 3.79. The highest BCUT2D eigenvalue weighted by molar-refractivity contribution is 8.00. The van der Waals surface area contributed by atoms with Crippen LogP contribution >= 0.6 is 11.8 Å². The molecule has 0 bridgehead atoms. The van der Waals surface area contributed by atoms with Crippen molar-refractivity contribution in [2.24, 2.45) is 0 Å². The topological polar surface area (TPSA) is 54.4 Å². The largest absolute Gasteiger partial charge is 0.389 e. The fourth-order valence-corrected chi connectivity index (χ4v) is 3.54. The molecule has 2 atom stereocenters. The number of hydrogen-bond acceptors (Lipinski definition) is 4. The Labute approximate surface area is 83.8 Å². The number of aliphatic hydroxyl groups is 1. The fourth-order valence-electron chi connectivity index (χ4n) is 1.50. The van der Waals surface area contributed by atoms with Crippen LogP contribution in [-0.2, 0) is 9.84 Å². The summed E-state index contributed by atoms with van der Waals surface area (Å²) in [5.74, 6) is 0.764. The van der Waals surface area contributed by atoms with Gasteiger partial charge in [0.1, 0.15) is 9.84 Å². The number of rotatable bonds is 3. The zero-order valence-corrected chi connectivity index (χ0v) is 9.62. The fraction of sp³-hybridized carbons (Fsp3) is 1.00. The van der Waals surface area contributed by atoms with Gasteiger partial charge in [-0.3, -0.25) is 0 Å². The molecule has 13 heavy (non-hydrogen) atoms. The number of sulfone groups is 1. The second-order valence-corrected chi connectivity index (χ2v) is 7.62. The molecule has 78 valence electrons. The molecular formula is C8H16O3S2. The van der Waals surface area contributed by atoms with Crippen molar-refractivity contribution < 1.29 is 13.5 Å². The van der Waals surface area contributed by atoms with Crippen LogP contribution in [0.15, 0.2) is 0 Å². The predicted molar refractivity (Wildman–Crippen MR) is 55.8 cm³/mol. The third-order valence-corrected chi connectivity index (χ3v) is 4.63. The Balaban J connectivity index is 2.45. The Morgan fingerprint density at radius 2 is 2.23 bits per heavy atom. The molecule has 1 aliphatic heterocycles. The number of thioether (sulfide) groups is 1. The van der Waals surface area contributed by atoms with Crippen LogP contribution in [0.4, 0.5) is 0 Å². The molecule has 1 aliphatic rings. The van der Waals surface area contributed by atoms with Gasteiger partial charge in [-0.1, -0.05) is 6.92 Å². The van der Waals surface area contributed by atoms with E-state index in [9.17, 15) is 13.5 Å². The molecule has 3 nitrogen and oxygen atoms in total. The third-order valence-electron chi connectivity index (χ3n) is 2.24. The minimum absolute atomic E-state index is 0.0940. The lowest BCUT2D eigenvalue weighted by Crippen LogP contribution is -2.31. The minimum Gasteiger partial charge on any atom is -0.389 e. The first kappa shape index (κ1) is 11.3. The van der Waals surface area contributed by atoms with Gasteiger partial charge in [-0.15, -0.1) is 0 Å². The molecule has 1 fully saturated rings. The quantitative estimate of drug-likeness (QED) is 0.766. The van der Waals surface area contributed by atoms with Crippen LogP contribution in [0.2, 0.25) is 0 Å². The van der Waals surface area contributed by atoms with Crippen LogP contribution in [0.25, 0.3) is 0 Å². The molecule has 0 aromatic heterocycles. The van der Waals surface area contributed by atoms with E-state index in [2.05, 4.69) is 6.92 Å². The summed E-state index contributed by atoms with van der Waals surface area (Å²) in [5, 5.41) is 10.4. The van der Waals surface area contributed by atoms with E-state index in [0.29, 0.717) is 23.8 Å². The van der Waals surface area contributed by atoms with E-state index >= 15 is 0 Å². The van der Waals surface area contributed by atoms with Crippen molar-refractivity contribution in [3.63, 3.8) is 0 Å². The average molecular weight is 224 g/mol. The maximum atomic E-state index is 10.9. The molecule has 1 N–H and O–H groups in total. The first-order valence-corrected chi connectivity index (χ1v) is 7.43. The maximum Gasteiger partial charge on any atom is 0.147 e. The average Bonchev–Trinajstić information content (AvgIpc) is 2.27. The Kier molecular flexibility index (Phi) is 3.30. The van der Waals surface area contributed by atoms with E-state index < -0.39 is 15.4 Å². The first-order chi connectivity index (χ1) is 5.81.